The third-order valence-electron chi connectivity index (χ3n) is 5.78. The fourth-order valence-electron chi connectivity index (χ4n) is 3.92. The van der Waals surface area contributed by atoms with Gasteiger partial charge in [0.2, 0.25) is 0 Å². The Kier molecular flexibility index (Phi) is 7.24. The Morgan fingerprint density at radius 2 is 1.86 bits per heavy atom. The number of rotatable bonds is 6. The molecular formula is C22H30N3O4+. The molecule has 0 aromatic heterocycles. The largest absolute Gasteiger partial charge is 0.449 e. The Morgan fingerprint density at radius 1 is 1.21 bits per heavy atom. The van der Waals surface area contributed by atoms with Crippen LogP contribution in [0.4, 0.5) is 0 Å². The minimum absolute atomic E-state index is 0.415. The molecule has 0 unspecified atom stereocenters. The third kappa shape index (κ3) is 5.78. The second-order valence-corrected chi connectivity index (χ2v) is 8.03. The molecule has 2 aliphatic rings. The SMILES string of the molecule is C[C@@H](OC(=O)c1ccc(C[NH+]2CCOCC2)cc1)C(=O)NC1(C#N)CCCCC1. The summed E-state index contributed by atoms with van der Waals surface area (Å²) in [5.74, 6) is -0.957. The molecule has 1 saturated heterocycles. The normalized spacial score (nSPS) is 20.3. The van der Waals surface area contributed by atoms with E-state index in [4.69, 9.17) is 9.47 Å². The smallest absolute Gasteiger partial charge is 0.338 e. The number of ether oxygens (including phenoxy) is 2. The molecule has 7 nitrogen and oxygen atoms in total. The van der Waals surface area contributed by atoms with E-state index in [0.29, 0.717) is 18.4 Å². The summed E-state index contributed by atoms with van der Waals surface area (Å²) in [6.07, 6.45) is 3.24. The van der Waals surface area contributed by atoms with Gasteiger partial charge in [-0.2, -0.15) is 5.26 Å². The van der Waals surface area contributed by atoms with Gasteiger partial charge in [0.05, 0.1) is 24.8 Å². The van der Waals surface area contributed by atoms with E-state index in [2.05, 4.69) is 11.4 Å². The maximum Gasteiger partial charge on any atom is 0.338 e. The van der Waals surface area contributed by atoms with Crippen molar-refractivity contribution in [2.75, 3.05) is 26.3 Å². The maximum absolute atomic E-state index is 12.5. The molecule has 1 aromatic rings. The number of morpholine rings is 1. The lowest BCUT2D eigenvalue weighted by molar-refractivity contribution is -0.921. The summed E-state index contributed by atoms with van der Waals surface area (Å²) in [5, 5.41) is 12.3. The highest BCUT2D eigenvalue weighted by Crippen LogP contribution is 2.27. The van der Waals surface area contributed by atoms with E-state index in [1.807, 2.05) is 12.1 Å². The van der Waals surface area contributed by atoms with Crippen molar-refractivity contribution in [3.63, 3.8) is 0 Å². The van der Waals surface area contributed by atoms with Gasteiger partial charge >= 0.3 is 5.97 Å². The van der Waals surface area contributed by atoms with E-state index >= 15 is 0 Å². The second kappa shape index (κ2) is 9.86. The highest BCUT2D eigenvalue weighted by atomic mass is 16.5. The second-order valence-electron chi connectivity index (χ2n) is 8.03. The fraction of sp³-hybridized carbons (Fsp3) is 0.591. The van der Waals surface area contributed by atoms with Crippen LogP contribution in [0.5, 0.6) is 0 Å². The van der Waals surface area contributed by atoms with Crippen LogP contribution in [-0.4, -0.2) is 49.8 Å². The van der Waals surface area contributed by atoms with Crippen LogP contribution in [0.2, 0.25) is 0 Å². The quantitative estimate of drug-likeness (QED) is 0.695. The van der Waals surface area contributed by atoms with E-state index in [1.165, 1.54) is 11.8 Å². The molecule has 1 aromatic carbocycles. The van der Waals surface area contributed by atoms with Crippen molar-refractivity contribution >= 4 is 11.9 Å². The number of carbonyl (C=O) groups is 2. The molecule has 3 rings (SSSR count). The summed E-state index contributed by atoms with van der Waals surface area (Å²) in [7, 11) is 0. The van der Waals surface area contributed by atoms with Crippen LogP contribution >= 0.6 is 0 Å². The number of hydrogen-bond acceptors (Lipinski definition) is 5. The number of quaternary nitrogens is 1. The zero-order valence-electron chi connectivity index (χ0n) is 17.0. The molecule has 1 atom stereocenters. The van der Waals surface area contributed by atoms with Crippen molar-refractivity contribution in [1.82, 2.24) is 5.32 Å². The lowest BCUT2D eigenvalue weighted by atomic mass is 9.83. The highest BCUT2D eigenvalue weighted by Gasteiger charge is 2.35. The van der Waals surface area contributed by atoms with Crippen molar-refractivity contribution in [2.45, 2.75) is 57.2 Å². The van der Waals surface area contributed by atoms with Crippen molar-refractivity contribution in [3.8, 4) is 6.07 Å². The lowest BCUT2D eigenvalue weighted by Crippen LogP contribution is -3.12. The Morgan fingerprint density at radius 3 is 2.48 bits per heavy atom. The van der Waals surface area contributed by atoms with Gasteiger partial charge in [0.1, 0.15) is 25.2 Å². The predicted molar refractivity (Wildman–Crippen MR) is 106 cm³/mol. The van der Waals surface area contributed by atoms with E-state index in [0.717, 1.165) is 57.7 Å². The molecule has 2 fully saturated rings. The van der Waals surface area contributed by atoms with Gasteiger partial charge < -0.3 is 19.7 Å². The average molecular weight is 400 g/mol. The summed E-state index contributed by atoms with van der Waals surface area (Å²) in [6, 6.07) is 9.57. The van der Waals surface area contributed by atoms with Crippen molar-refractivity contribution in [3.05, 3.63) is 35.4 Å². The Bertz CT molecular complexity index is 744. The van der Waals surface area contributed by atoms with Crippen LogP contribution < -0.4 is 10.2 Å². The molecule has 0 radical (unpaired) electrons. The van der Waals surface area contributed by atoms with Gasteiger partial charge in [-0.3, -0.25) is 4.79 Å². The summed E-state index contributed by atoms with van der Waals surface area (Å²) in [4.78, 5) is 26.3. The zero-order chi connectivity index (χ0) is 20.7. The first-order chi connectivity index (χ1) is 14.0. The maximum atomic E-state index is 12.5. The first kappa shape index (κ1) is 21.3. The van der Waals surface area contributed by atoms with Gasteiger partial charge in [0, 0.05) is 5.56 Å². The Hall–Kier alpha value is -2.43. The molecule has 1 amide bonds. The minimum atomic E-state index is -0.952. The van der Waals surface area contributed by atoms with E-state index in [9.17, 15) is 14.9 Å². The van der Waals surface area contributed by atoms with Gasteiger partial charge in [0.25, 0.3) is 5.91 Å². The van der Waals surface area contributed by atoms with E-state index in [-0.39, 0.29) is 0 Å². The summed E-state index contributed by atoms with van der Waals surface area (Å²) >= 11 is 0. The summed E-state index contributed by atoms with van der Waals surface area (Å²) < 4.78 is 10.7. The lowest BCUT2D eigenvalue weighted by Gasteiger charge is -2.32. The van der Waals surface area contributed by atoms with Gasteiger partial charge in [0.15, 0.2) is 6.10 Å². The number of esters is 1. The van der Waals surface area contributed by atoms with Crippen LogP contribution in [0.1, 0.15) is 54.9 Å². The monoisotopic (exact) mass is 400 g/mol. The first-order valence-corrected chi connectivity index (χ1v) is 10.5. The Balaban J connectivity index is 1.52. The standard InChI is InChI=1S/C22H29N3O4/c1-17(20(26)24-22(16-23)9-3-2-4-10-22)29-21(27)19-7-5-18(6-8-19)15-25-11-13-28-14-12-25/h5-8,17H,2-4,9-15H2,1H3,(H,24,26)/p+1/t17-/m1/s1. The van der Waals surface area contributed by atoms with Crippen LogP contribution in [0.3, 0.4) is 0 Å². The molecular weight excluding hydrogens is 370 g/mol. The molecule has 7 heteroatoms. The number of nitrogens with one attached hydrogen (secondary N) is 2. The fourth-order valence-corrected chi connectivity index (χ4v) is 3.92. The van der Waals surface area contributed by atoms with Crippen LogP contribution in [0, 0.1) is 11.3 Å². The minimum Gasteiger partial charge on any atom is -0.449 e. The number of nitriles is 1. The summed E-state index contributed by atoms with van der Waals surface area (Å²) in [5.41, 5.74) is 0.731. The van der Waals surface area contributed by atoms with Gasteiger partial charge in [-0.15, -0.1) is 0 Å². The molecule has 0 spiro atoms. The molecule has 2 N–H and O–H groups in total. The topological polar surface area (TPSA) is 92.9 Å². The van der Waals surface area contributed by atoms with Crippen LogP contribution in [0.25, 0.3) is 0 Å². The Labute approximate surface area is 172 Å². The third-order valence-corrected chi connectivity index (χ3v) is 5.78. The number of amides is 1. The highest BCUT2D eigenvalue weighted by molar-refractivity contribution is 5.92. The molecule has 156 valence electrons. The summed E-state index contributed by atoms with van der Waals surface area (Å²) in [6.45, 7) is 5.98. The predicted octanol–water partition coefficient (Wildman–Crippen LogP) is 0.990. The van der Waals surface area contributed by atoms with Crippen LogP contribution in [-0.2, 0) is 20.8 Å². The molecule has 29 heavy (non-hydrogen) atoms. The van der Waals surface area contributed by atoms with E-state index in [1.54, 1.807) is 12.1 Å². The van der Waals surface area contributed by atoms with E-state index < -0.39 is 23.5 Å². The molecule has 1 aliphatic carbocycles. The number of carbonyl (C=O) groups excluding carboxylic acids is 2. The molecule has 1 aliphatic heterocycles. The zero-order valence-corrected chi connectivity index (χ0v) is 17.0. The number of benzene rings is 1. The van der Waals surface area contributed by atoms with Gasteiger partial charge in [-0.1, -0.05) is 31.4 Å². The van der Waals surface area contributed by atoms with Crippen molar-refractivity contribution in [2.24, 2.45) is 0 Å². The molecule has 1 heterocycles. The number of hydrogen-bond donors (Lipinski definition) is 2. The number of nitrogens with zero attached hydrogens (tertiary/aromatic N) is 1. The van der Waals surface area contributed by atoms with Gasteiger partial charge in [-0.05, 0) is 31.9 Å². The van der Waals surface area contributed by atoms with Gasteiger partial charge in [-0.25, -0.2) is 4.79 Å². The molecule has 0 bridgehead atoms. The van der Waals surface area contributed by atoms with Crippen LogP contribution in [0.15, 0.2) is 24.3 Å². The average Bonchev–Trinajstić information content (AvgIpc) is 2.75. The van der Waals surface area contributed by atoms with Crippen molar-refractivity contribution in [1.29, 1.82) is 5.26 Å². The molecule has 1 saturated carbocycles. The van der Waals surface area contributed by atoms with Crippen molar-refractivity contribution < 1.29 is 24.0 Å². The first-order valence-electron chi connectivity index (χ1n) is 10.5.